The van der Waals surface area contributed by atoms with Crippen LogP contribution in [0.2, 0.25) is 0 Å². The number of aliphatic hydroxyl groups is 1. The van der Waals surface area contributed by atoms with Crippen LogP contribution in [0.4, 0.5) is 0 Å². The van der Waals surface area contributed by atoms with Crippen LogP contribution >= 0.6 is 0 Å². The van der Waals surface area contributed by atoms with E-state index in [-0.39, 0.29) is 31.2 Å². The van der Waals surface area contributed by atoms with Gasteiger partial charge in [-0.3, -0.25) is 9.59 Å². The topological polar surface area (TPSA) is 82.1 Å². The first kappa shape index (κ1) is 25.3. The molecule has 3 aromatic rings. The molecule has 2 atom stereocenters. The second-order valence-corrected chi connectivity index (χ2v) is 7.91. The number of carbonyl (C=O) groups excluding carboxylic acids is 2. The van der Waals surface area contributed by atoms with Crippen molar-refractivity contribution < 1.29 is 28.9 Å². The molecule has 3 aromatic carbocycles. The first-order valence-electron chi connectivity index (χ1n) is 11.2. The SMILES string of the molecule is COc1ccccc1C(=O)[C@H](O)[C@@H](CCOCOCc1ccccc1)CC(=O)c1ccccc1. The second kappa shape index (κ2) is 13.4. The molecular weight excluding hydrogens is 432 g/mol. The summed E-state index contributed by atoms with van der Waals surface area (Å²) in [6.07, 6.45) is -1.05. The molecule has 3 rings (SSSR count). The van der Waals surface area contributed by atoms with Crippen molar-refractivity contribution in [1.29, 1.82) is 0 Å². The van der Waals surface area contributed by atoms with Crippen LogP contribution in [0, 0.1) is 5.92 Å². The summed E-state index contributed by atoms with van der Waals surface area (Å²) in [7, 11) is 1.47. The number of rotatable bonds is 14. The van der Waals surface area contributed by atoms with Crippen molar-refractivity contribution in [3.63, 3.8) is 0 Å². The van der Waals surface area contributed by atoms with Crippen molar-refractivity contribution in [2.45, 2.75) is 25.6 Å². The van der Waals surface area contributed by atoms with Gasteiger partial charge in [-0.05, 0) is 24.1 Å². The number of aliphatic hydroxyl groups excluding tert-OH is 1. The zero-order valence-corrected chi connectivity index (χ0v) is 19.3. The maximum absolute atomic E-state index is 13.1. The summed E-state index contributed by atoms with van der Waals surface area (Å²) in [5.41, 5.74) is 1.86. The fourth-order valence-corrected chi connectivity index (χ4v) is 3.66. The molecule has 0 aliphatic heterocycles. The van der Waals surface area contributed by atoms with E-state index in [2.05, 4.69) is 0 Å². The molecule has 0 aliphatic carbocycles. The highest BCUT2D eigenvalue weighted by molar-refractivity contribution is 6.02. The third-order valence-corrected chi connectivity index (χ3v) is 5.54. The number of ether oxygens (including phenoxy) is 3. The summed E-state index contributed by atoms with van der Waals surface area (Å²) >= 11 is 0. The molecule has 0 saturated heterocycles. The lowest BCUT2D eigenvalue weighted by Crippen LogP contribution is -2.32. The fourth-order valence-electron chi connectivity index (χ4n) is 3.66. The van der Waals surface area contributed by atoms with Gasteiger partial charge in [0, 0.05) is 24.5 Å². The highest BCUT2D eigenvalue weighted by Gasteiger charge is 2.30. The van der Waals surface area contributed by atoms with E-state index in [0.717, 1.165) is 5.56 Å². The van der Waals surface area contributed by atoms with Gasteiger partial charge in [-0.1, -0.05) is 72.8 Å². The average molecular weight is 463 g/mol. The molecule has 0 amide bonds. The molecule has 0 saturated carbocycles. The van der Waals surface area contributed by atoms with Crippen molar-refractivity contribution in [1.82, 2.24) is 0 Å². The zero-order chi connectivity index (χ0) is 24.2. The lowest BCUT2D eigenvalue weighted by atomic mass is 9.87. The Morgan fingerprint density at radius 1 is 0.853 bits per heavy atom. The highest BCUT2D eigenvalue weighted by atomic mass is 16.7. The van der Waals surface area contributed by atoms with Gasteiger partial charge < -0.3 is 19.3 Å². The number of ketones is 2. The summed E-state index contributed by atoms with van der Waals surface area (Å²) < 4.78 is 16.4. The number of benzene rings is 3. The molecule has 0 fully saturated rings. The number of methoxy groups -OCH3 is 1. The smallest absolute Gasteiger partial charge is 0.195 e. The van der Waals surface area contributed by atoms with Gasteiger partial charge in [0.1, 0.15) is 18.6 Å². The molecule has 0 heterocycles. The minimum atomic E-state index is -1.38. The minimum absolute atomic E-state index is 0.0142. The van der Waals surface area contributed by atoms with Crippen LogP contribution in [-0.4, -0.2) is 43.3 Å². The second-order valence-electron chi connectivity index (χ2n) is 7.91. The Hall–Kier alpha value is -3.32. The van der Waals surface area contributed by atoms with E-state index in [9.17, 15) is 14.7 Å². The molecule has 1 N–H and O–H groups in total. The van der Waals surface area contributed by atoms with Crippen LogP contribution in [0.3, 0.4) is 0 Å². The summed E-state index contributed by atoms with van der Waals surface area (Å²) in [5.74, 6) is -0.870. The molecular formula is C28H30O6. The molecule has 0 unspecified atom stereocenters. The van der Waals surface area contributed by atoms with Crippen molar-refractivity contribution in [3.8, 4) is 5.75 Å². The summed E-state index contributed by atoms with van der Waals surface area (Å²) in [5, 5.41) is 11.0. The monoisotopic (exact) mass is 462 g/mol. The summed E-state index contributed by atoms with van der Waals surface area (Å²) in [6, 6.07) is 25.3. The lowest BCUT2D eigenvalue weighted by molar-refractivity contribution is -0.0669. The maximum atomic E-state index is 13.1. The van der Waals surface area contributed by atoms with Crippen LogP contribution in [0.5, 0.6) is 5.75 Å². The summed E-state index contributed by atoms with van der Waals surface area (Å²) in [6.45, 7) is 0.730. The average Bonchev–Trinajstić information content (AvgIpc) is 2.90. The molecule has 0 aromatic heterocycles. The van der Waals surface area contributed by atoms with E-state index >= 15 is 0 Å². The van der Waals surface area contributed by atoms with Crippen molar-refractivity contribution in [2.75, 3.05) is 20.5 Å². The van der Waals surface area contributed by atoms with Crippen molar-refractivity contribution in [2.24, 2.45) is 5.92 Å². The summed E-state index contributed by atoms with van der Waals surface area (Å²) in [4.78, 5) is 25.9. The Bertz CT molecular complexity index is 1040. The highest BCUT2D eigenvalue weighted by Crippen LogP contribution is 2.25. The van der Waals surface area contributed by atoms with Gasteiger partial charge in [0.05, 0.1) is 19.3 Å². The lowest BCUT2D eigenvalue weighted by Gasteiger charge is -2.22. The molecule has 0 bridgehead atoms. The van der Waals surface area contributed by atoms with E-state index in [1.807, 2.05) is 36.4 Å². The number of Topliss-reactive ketones (excluding diaryl/α,β-unsaturated/α-hetero) is 2. The molecule has 6 heteroatoms. The Kier molecular flexibility index (Phi) is 9.98. The van der Waals surface area contributed by atoms with Gasteiger partial charge in [0.15, 0.2) is 11.6 Å². The zero-order valence-electron chi connectivity index (χ0n) is 19.3. The quantitative estimate of drug-likeness (QED) is 0.212. The van der Waals surface area contributed by atoms with Crippen LogP contribution in [0.25, 0.3) is 0 Å². The largest absolute Gasteiger partial charge is 0.496 e. The van der Waals surface area contributed by atoms with Gasteiger partial charge >= 0.3 is 0 Å². The molecule has 178 valence electrons. The number of para-hydroxylation sites is 1. The van der Waals surface area contributed by atoms with Crippen molar-refractivity contribution >= 4 is 11.6 Å². The van der Waals surface area contributed by atoms with Gasteiger partial charge in [0.2, 0.25) is 0 Å². The van der Waals surface area contributed by atoms with Crippen LogP contribution in [0.1, 0.15) is 39.1 Å². The van der Waals surface area contributed by atoms with Crippen LogP contribution < -0.4 is 4.74 Å². The van der Waals surface area contributed by atoms with Crippen molar-refractivity contribution in [3.05, 3.63) is 102 Å². The fraction of sp³-hybridized carbons (Fsp3) is 0.286. The minimum Gasteiger partial charge on any atom is -0.496 e. The van der Waals surface area contributed by atoms with Gasteiger partial charge in [-0.25, -0.2) is 0 Å². The number of hydrogen-bond donors (Lipinski definition) is 1. The first-order valence-corrected chi connectivity index (χ1v) is 11.2. The van der Waals surface area contributed by atoms with Crippen LogP contribution in [0.15, 0.2) is 84.9 Å². The van der Waals surface area contributed by atoms with Gasteiger partial charge in [-0.2, -0.15) is 0 Å². The van der Waals surface area contributed by atoms with Gasteiger partial charge in [0.25, 0.3) is 0 Å². The van der Waals surface area contributed by atoms with E-state index in [4.69, 9.17) is 14.2 Å². The standard InChI is InChI=1S/C28H30O6/c1-32-26-15-9-8-14-24(26)28(31)27(30)23(18-25(29)22-12-6-3-7-13-22)16-17-33-20-34-19-21-10-4-2-5-11-21/h2-15,23,27,30H,16-20H2,1H3/t23-,27+/m0/s1. The van der Waals surface area contributed by atoms with E-state index in [1.54, 1.807) is 48.5 Å². The molecule has 0 aliphatic rings. The molecule has 0 spiro atoms. The molecule has 0 radical (unpaired) electrons. The van der Waals surface area contributed by atoms with E-state index in [1.165, 1.54) is 7.11 Å². The predicted octanol–water partition coefficient (Wildman–Crippen LogP) is 4.71. The Balaban J connectivity index is 1.61. The Labute approximate surface area is 200 Å². The number of carbonyl (C=O) groups is 2. The van der Waals surface area contributed by atoms with Crippen LogP contribution in [-0.2, 0) is 16.1 Å². The molecule has 34 heavy (non-hydrogen) atoms. The maximum Gasteiger partial charge on any atom is 0.195 e. The Morgan fingerprint density at radius 3 is 2.21 bits per heavy atom. The van der Waals surface area contributed by atoms with E-state index in [0.29, 0.717) is 24.3 Å². The Morgan fingerprint density at radius 2 is 1.50 bits per heavy atom. The van der Waals surface area contributed by atoms with E-state index < -0.39 is 17.8 Å². The third kappa shape index (κ3) is 7.35. The number of hydrogen-bond acceptors (Lipinski definition) is 6. The predicted molar refractivity (Wildman–Crippen MR) is 129 cm³/mol. The molecule has 6 nitrogen and oxygen atoms in total. The first-order chi connectivity index (χ1) is 16.6. The van der Waals surface area contributed by atoms with Gasteiger partial charge in [-0.15, -0.1) is 0 Å². The normalized spacial score (nSPS) is 12.6. The third-order valence-electron chi connectivity index (χ3n) is 5.54.